The largest absolute Gasteiger partial charge is 0.326 e. The van der Waals surface area contributed by atoms with Crippen LogP contribution in [0.2, 0.25) is 5.02 Å². The first-order valence-electron chi connectivity index (χ1n) is 7.80. The molecule has 1 amide bonds. The molecule has 0 saturated carbocycles. The summed E-state index contributed by atoms with van der Waals surface area (Å²) in [6, 6.07) is 15.8. The number of Topliss-reactive ketones (excluding diaryl/α,β-unsaturated/α-hetero) is 1. The van der Waals surface area contributed by atoms with Gasteiger partial charge in [-0.1, -0.05) is 11.6 Å². The van der Waals surface area contributed by atoms with Crippen molar-refractivity contribution in [2.45, 2.75) is 12.8 Å². The number of nitrogens with zero attached hydrogens (tertiary/aromatic N) is 2. The standard InChI is InChI=1S/C19H16ClN3O2/c20-15-4-2-14(3-5-15)18(24)10-11-19(25)22-16-6-8-17(9-7-16)23-13-1-12-21-23/h1-9,12-13H,10-11H2,(H,22,25). The second-order valence-electron chi connectivity index (χ2n) is 5.48. The highest BCUT2D eigenvalue weighted by Gasteiger charge is 2.10. The fraction of sp³-hybridized carbons (Fsp3) is 0.105. The molecule has 0 radical (unpaired) electrons. The van der Waals surface area contributed by atoms with Crippen LogP contribution >= 0.6 is 11.6 Å². The molecule has 0 aliphatic carbocycles. The highest BCUT2D eigenvalue weighted by Crippen LogP contribution is 2.14. The van der Waals surface area contributed by atoms with E-state index in [0.717, 1.165) is 5.69 Å². The molecule has 25 heavy (non-hydrogen) atoms. The first-order valence-corrected chi connectivity index (χ1v) is 8.18. The van der Waals surface area contributed by atoms with Crippen LogP contribution < -0.4 is 5.32 Å². The average Bonchev–Trinajstić information content (AvgIpc) is 3.15. The highest BCUT2D eigenvalue weighted by molar-refractivity contribution is 6.30. The Bertz CT molecular complexity index is 857. The maximum Gasteiger partial charge on any atom is 0.224 e. The quantitative estimate of drug-likeness (QED) is 0.678. The fourth-order valence-electron chi connectivity index (χ4n) is 2.35. The lowest BCUT2D eigenvalue weighted by atomic mass is 10.1. The number of carbonyl (C=O) groups excluding carboxylic acids is 2. The van der Waals surface area contributed by atoms with Gasteiger partial charge in [0.15, 0.2) is 5.78 Å². The van der Waals surface area contributed by atoms with Crippen LogP contribution in [-0.4, -0.2) is 21.5 Å². The van der Waals surface area contributed by atoms with Gasteiger partial charge in [-0.05, 0) is 54.6 Å². The number of nitrogens with one attached hydrogen (secondary N) is 1. The van der Waals surface area contributed by atoms with E-state index >= 15 is 0 Å². The fourth-order valence-corrected chi connectivity index (χ4v) is 2.48. The molecule has 126 valence electrons. The maximum absolute atomic E-state index is 12.1. The Morgan fingerprint density at radius 1 is 1.00 bits per heavy atom. The number of rotatable bonds is 6. The lowest BCUT2D eigenvalue weighted by Gasteiger charge is -2.07. The van der Waals surface area contributed by atoms with Crippen LogP contribution in [0, 0.1) is 0 Å². The van der Waals surface area contributed by atoms with E-state index in [1.807, 2.05) is 24.4 Å². The van der Waals surface area contributed by atoms with Crippen LogP contribution in [0.4, 0.5) is 5.69 Å². The molecule has 6 heteroatoms. The van der Waals surface area contributed by atoms with Crippen LogP contribution in [0.15, 0.2) is 67.0 Å². The van der Waals surface area contributed by atoms with Crippen LogP contribution in [-0.2, 0) is 4.79 Å². The Morgan fingerprint density at radius 2 is 1.72 bits per heavy atom. The molecule has 0 atom stereocenters. The summed E-state index contributed by atoms with van der Waals surface area (Å²) in [5, 5.41) is 7.51. The first-order chi connectivity index (χ1) is 12.1. The number of anilines is 1. The minimum atomic E-state index is -0.200. The summed E-state index contributed by atoms with van der Waals surface area (Å²) >= 11 is 5.80. The zero-order valence-corrected chi connectivity index (χ0v) is 14.1. The van der Waals surface area contributed by atoms with Gasteiger partial charge in [0.25, 0.3) is 0 Å². The van der Waals surface area contributed by atoms with E-state index in [1.165, 1.54) is 0 Å². The predicted molar refractivity (Wildman–Crippen MR) is 97.2 cm³/mol. The van der Waals surface area contributed by atoms with E-state index in [9.17, 15) is 9.59 Å². The second kappa shape index (κ2) is 7.77. The molecule has 1 heterocycles. The van der Waals surface area contributed by atoms with Gasteiger partial charge in [-0.3, -0.25) is 9.59 Å². The van der Waals surface area contributed by atoms with E-state index < -0.39 is 0 Å². The molecular formula is C19H16ClN3O2. The zero-order chi connectivity index (χ0) is 17.6. The van der Waals surface area contributed by atoms with Gasteiger partial charge in [0.2, 0.25) is 5.91 Å². The van der Waals surface area contributed by atoms with Gasteiger partial charge in [0, 0.05) is 41.5 Å². The molecule has 0 aliphatic rings. The van der Waals surface area contributed by atoms with E-state index in [0.29, 0.717) is 16.3 Å². The molecule has 0 spiro atoms. The summed E-state index contributed by atoms with van der Waals surface area (Å²) in [4.78, 5) is 24.1. The summed E-state index contributed by atoms with van der Waals surface area (Å²) in [7, 11) is 0. The van der Waals surface area contributed by atoms with Crippen molar-refractivity contribution in [2.75, 3.05) is 5.32 Å². The number of ketones is 1. The van der Waals surface area contributed by atoms with Crippen molar-refractivity contribution >= 4 is 29.0 Å². The predicted octanol–water partition coefficient (Wildman–Crippen LogP) is 4.13. The Morgan fingerprint density at radius 3 is 2.36 bits per heavy atom. The van der Waals surface area contributed by atoms with E-state index in [-0.39, 0.29) is 24.5 Å². The number of hydrogen-bond acceptors (Lipinski definition) is 3. The van der Waals surface area contributed by atoms with E-state index in [1.54, 1.807) is 47.3 Å². The summed E-state index contributed by atoms with van der Waals surface area (Å²) in [6.07, 6.45) is 3.82. The Hall–Kier alpha value is -2.92. The van der Waals surface area contributed by atoms with Crippen LogP contribution in [0.1, 0.15) is 23.2 Å². The lowest BCUT2D eigenvalue weighted by molar-refractivity contribution is -0.116. The van der Waals surface area contributed by atoms with E-state index in [4.69, 9.17) is 11.6 Å². The van der Waals surface area contributed by atoms with E-state index in [2.05, 4.69) is 10.4 Å². The molecule has 0 bridgehead atoms. The number of aromatic nitrogens is 2. The van der Waals surface area contributed by atoms with Crippen molar-refractivity contribution in [3.8, 4) is 5.69 Å². The van der Waals surface area contributed by atoms with Gasteiger partial charge in [0.1, 0.15) is 0 Å². The first kappa shape index (κ1) is 16.9. The number of halogens is 1. The van der Waals surface area contributed by atoms with Gasteiger partial charge in [0.05, 0.1) is 5.69 Å². The molecule has 5 nitrogen and oxygen atoms in total. The average molecular weight is 354 g/mol. The number of hydrogen-bond donors (Lipinski definition) is 1. The highest BCUT2D eigenvalue weighted by atomic mass is 35.5. The normalized spacial score (nSPS) is 10.4. The smallest absolute Gasteiger partial charge is 0.224 e. The molecule has 0 fully saturated rings. The summed E-state index contributed by atoms with van der Waals surface area (Å²) < 4.78 is 1.73. The van der Waals surface area contributed by atoms with Crippen molar-refractivity contribution in [3.63, 3.8) is 0 Å². The molecule has 0 aliphatic heterocycles. The zero-order valence-electron chi connectivity index (χ0n) is 13.4. The minimum absolute atomic E-state index is 0.0825. The van der Waals surface area contributed by atoms with Crippen molar-refractivity contribution in [1.29, 1.82) is 0 Å². The summed E-state index contributed by atoms with van der Waals surface area (Å²) in [5.41, 5.74) is 2.14. The molecule has 0 saturated heterocycles. The molecule has 3 aromatic rings. The van der Waals surface area contributed by atoms with Gasteiger partial charge in [-0.2, -0.15) is 5.10 Å². The molecule has 1 aromatic heterocycles. The third-order valence-electron chi connectivity index (χ3n) is 3.67. The lowest BCUT2D eigenvalue weighted by Crippen LogP contribution is -2.13. The summed E-state index contributed by atoms with van der Waals surface area (Å²) in [5.74, 6) is -0.282. The van der Waals surface area contributed by atoms with Crippen LogP contribution in [0.5, 0.6) is 0 Å². The van der Waals surface area contributed by atoms with Crippen molar-refractivity contribution in [3.05, 3.63) is 77.6 Å². The minimum Gasteiger partial charge on any atom is -0.326 e. The molecular weight excluding hydrogens is 338 g/mol. The molecule has 0 unspecified atom stereocenters. The monoisotopic (exact) mass is 353 g/mol. The third-order valence-corrected chi connectivity index (χ3v) is 3.92. The molecule has 2 aromatic carbocycles. The second-order valence-corrected chi connectivity index (χ2v) is 5.91. The van der Waals surface area contributed by atoms with Gasteiger partial charge in [-0.25, -0.2) is 4.68 Å². The van der Waals surface area contributed by atoms with Crippen molar-refractivity contribution in [2.24, 2.45) is 0 Å². The van der Waals surface area contributed by atoms with Crippen LogP contribution in [0.3, 0.4) is 0 Å². The third kappa shape index (κ3) is 4.55. The topological polar surface area (TPSA) is 64.0 Å². The Balaban J connectivity index is 1.52. The molecule has 3 rings (SSSR count). The Kier molecular flexibility index (Phi) is 5.26. The van der Waals surface area contributed by atoms with Crippen LogP contribution in [0.25, 0.3) is 5.69 Å². The SMILES string of the molecule is O=C(CCC(=O)c1ccc(Cl)cc1)Nc1ccc(-n2cccn2)cc1. The molecule has 1 N–H and O–H groups in total. The number of amides is 1. The van der Waals surface area contributed by atoms with Gasteiger partial charge in [-0.15, -0.1) is 0 Å². The number of carbonyl (C=O) groups is 2. The van der Waals surface area contributed by atoms with Crippen molar-refractivity contribution < 1.29 is 9.59 Å². The Labute approximate surface area is 150 Å². The maximum atomic E-state index is 12.1. The number of benzene rings is 2. The van der Waals surface area contributed by atoms with Gasteiger partial charge >= 0.3 is 0 Å². The van der Waals surface area contributed by atoms with Crippen molar-refractivity contribution in [1.82, 2.24) is 9.78 Å². The van der Waals surface area contributed by atoms with Gasteiger partial charge < -0.3 is 5.32 Å². The summed E-state index contributed by atoms with van der Waals surface area (Å²) in [6.45, 7) is 0.